The Morgan fingerprint density at radius 3 is 2.53 bits per heavy atom. The normalized spacial score (nSPS) is 14.1. The summed E-state index contributed by atoms with van der Waals surface area (Å²) < 4.78 is 49.3. The smallest absolute Gasteiger partial charge is 0.321 e. The highest BCUT2D eigenvalue weighted by Crippen LogP contribution is 2.28. The number of alkyl halides is 1. The Balaban J connectivity index is 1.36. The highest BCUT2D eigenvalue weighted by molar-refractivity contribution is 7.91. The van der Waals surface area contributed by atoms with Crippen molar-refractivity contribution in [1.82, 2.24) is 25.3 Å². The number of carboxylic acid groups (broad SMARTS) is 1. The number of primary sulfonamides is 1. The number of nitrogens with zero attached hydrogens (tertiary/aromatic N) is 4. The molecule has 5 N–H and O–H groups in total. The molecule has 0 aliphatic carbocycles. The quantitative estimate of drug-likeness (QED) is 0.141. The molecule has 2 heterocycles. The number of halogens is 1. The van der Waals surface area contributed by atoms with E-state index in [1.165, 1.54) is 0 Å². The molecule has 4 aromatic rings. The van der Waals surface area contributed by atoms with E-state index in [1.54, 1.807) is 53.3 Å². The van der Waals surface area contributed by atoms with Gasteiger partial charge in [-0.3, -0.25) is 4.79 Å². The number of hydrogen-bond donors (Lipinski definition) is 4. The number of ether oxygens (including phenoxy) is 2. The summed E-state index contributed by atoms with van der Waals surface area (Å²) in [4.78, 5) is 16.0. The minimum Gasteiger partial charge on any atom is -0.487 e. The monoisotopic (exact) mass is 636 g/mol. The van der Waals surface area contributed by atoms with Gasteiger partial charge >= 0.3 is 5.97 Å². The maximum atomic E-state index is 12.8. The van der Waals surface area contributed by atoms with E-state index in [2.05, 4.69) is 20.6 Å². The molecule has 3 atom stereocenters. The zero-order valence-electron chi connectivity index (χ0n) is 23.5. The van der Waals surface area contributed by atoms with Gasteiger partial charge in [0.15, 0.2) is 0 Å². The second-order valence-corrected chi connectivity index (χ2v) is 12.9. The van der Waals surface area contributed by atoms with Crippen molar-refractivity contribution in [3.05, 3.63) is 59.9 Å². The molecule has 16 heteroatoms. The van der Waals surface area contributed by atoms with Crippen LogP contribution in [0.2, 0.25) is 0 Å². The predicted octanol–water partition coefficient (Wildman–Crippen LogP) is 2.31. The average molecular weight is 637 g/mol. The number of aromatic nitrogens is 4. The van der Waals surface area contributed by atoms with E-state index in [9.17, 15) is 22.7 Å². The number of carboxylic acids is 1. The molecule has 1 unspecified atom stereocenters. The van der Waals surface area contributed by atoms with Gasteiger partial charge in [0, 0.05) is 6.54 Å². The van der Waals surface area contributed by atoms with Gasteiger partial charge in [-0.15, -0.1) is 16.4 Å². The van der Waals surface area contributed by atoms with Gasteiger partial charge in [0.2, 0.25) is 4.34 Å². The number of carbonyl (C=O) groups is 1. The number of nitrogens with two attached hydrogens (primary N) is 1. The first-order chi connectivity index (χ1) is 20.5. The summed E-state index contributed by atoms with van der Waals surface area (Å²) in [5, 5.41) is 35.7. The first kappa shape index (κ1) is 32.2. The third-order valence-electron chi connectivity index (χ3n) is 6.55. The summed E-state index contributed by atoms with van der Waals surface area (Å²) in [5.74, 6) is -0.0485. The van der Waals surface area contributed by atoms with Gasteiger partial charge in [0.25, 0.3) is 10.0 Å². The first-order valence-electron chi connectivity index (χ1n) is 13.3. The number of rotatable bonds is 16. The third-order valence-corrected chi connectivity index (χ3v) is 8.89. The van der Waals surface area contributed by atoms with Gasteiger partial charge in [-0.05, 0) is 48.2 Å². The van der Waals surface area contributed by atoms with Crippen molar-refractivity contribution < 1.29 is 37.3 Å². The van der Waals surface area contributed by atoms with Crippen LogP contribution in [0.4, 0.5) is 4.39 Å². The van der Waals surface area contributed by atoms with E-state index in [0.29, 0.717) is 34.0 Å². The van der Waals surface area contributed by atoms with Gasteiger partial charge in [0.1, 0.15) is 42.6 Å². The van der Waals surface area contributed by atoms with Gasteiger partial charge in [0.05, 0.1) is 29.1 Å². The Hall–Kier alpha value is -3.70. The number of sulfonamides is 1. The Morgan fingerprint density at radius 1 is 1.19 bits per heavy atom. The van der Waals surface area contributed by atoms with Gasteiger partial charge in [-0.1, -0.05) is 31.2 Å². The molecule has 0 spiro atoms. The molecular formula is C27H33FN6O7S2. The molecule has 0 aliphatic heterocycles. The average Bonchev–Trinajstić information content (AvgIpc) is 3.62. The molecule has 0 saturated heterocycles. The molecule has 232 valence electrons. The maximum absolute atomic E-state index is 12.8. The second kappa shape index (κ2) is 14.2. The van der Waals surface area contributed by atoms with Crippen LogP contribution in [0.15, 0.2) is 53.0 Å². The Labute approximate surface area is 251 Å². The highest BCUT2D eigenvalue weighted by Gasteiger charge is 2.23. The zero-order chi connectivity index (χ0) is 31.1. The van der Waals surface area contributed by atoms with Crippen molar-refractivity contribution in [2.24, 2.45) is 11.1 Å². The summed E-state index contributed by atoms with van der Waals surface area (Å²) in [5.41, 5.74) is 1.79. The van der Waals surface area contributed by atoms with E-state index >= 15 is 0 Å². The van der Waals surface area contributed by atoms with Crippen molar-refractivity contribution in [3.8, 4) is 11.5 Å². The second-order valence-electron chi connectivity index (χ2n) is 10.2. The molecule has 0 aliphatic rings. The number of aliphatic hydroxyl groups is 1. The zero-order valence-corrected chi connectivity index (χ0v) is 25.1. The lowest BCUT2D eigenvalue weighted by atomic mass is 10.0. The number of aliphatic hydroxyl groups excluding tert-OH is 1. The molecule has 0 bridgehead atoms. The van der Waals surface area contributed by atoms with E-state index in [0.717, 1.165) is 16.9 Å². The molecule has 4 rings (SSSR count). The summed E-state index contributed by atoms with van der Waals surface area (Å²) in [6.45, 7) is 3.13. The third kappa shape index (κ3) is 8.67. The lowest BCUT2D eigenvalue weighted by Gasteiger charge is -2.24. The number of fused-ring (bicyclic) bond motifs is 1. The van der Waals surface area contributed by atoms with Gasteiger partial charge < -0.3 is 25.0 Å². The van der Waals surface area contributed by atoms with Crippen LogP contribution in [0, 0.1) is 5.92 Å². The number of hydrogen-bond acceptors (Lipinski definition) is 11. The molecule has 2 aromatic carbocycles. The molecule has 2 aromatic heterocycles. The molecule has 0 radical (unpaired) electrons. The minimum absolute atomic E-state index is 0.0885. The van der Waals surface area contributed by atoms with Crippen LogP contribution in [0.1, 0.15) is 31.1 Å². The van der Waals surface area contributed by atoms with Crippen LogP contribution in [0.25, 0.3) is 10.2 Å². The molecule has 0 fully saturated rings. The summed E-state index contributed by atoms with van der Waals surface area (Å²) in [6, 6.07) is 10.5. The fraction of sp³-hybridized carbons (Fsp3) is 0.407. The highest BCUT2D eigenvalue weighted by atomic mass is 32.2. The summed E-state index contributed by atoms with van der Waals surface area (Å²) in [6.07, 6.45) is 0.992. The van der Waals surface area contributed by atoms with Crippen LogP contribution >= 0.6 is 11.3 Å². The number of benzene rings is 2. The SMILES string of the molecule is CC(C)[C@H](CN[C@@H](Cc1ccc(OC(CO)CF)cc1)C(=O)O)n1cc(COc2ccc3nc(S(N)(=O)=O)sc3c2)nn1. The largest absolute Gasteiger partial charge is 0.487 e. The lowest BCUT2D eigenvalue weighted by Crippen LogP contribution is -2.42. The van der Waals surface area contributed by atoms with E-state index in [-0.39, 0.29) is 29.3 Å². The minimum atomic E-state index is -3.90. The molecule has 0 saturated carbocycles. The van der Waals surface area contributed by atoms with Crippen LogP contribution in [-0.2, 0) is 27.8 Å². The molecule has 43 heavy (non-hydrogen) atoms. The first-order valence-corrected chi connectivity index (χ1v) is 15.7. The maximum Gasteiger partial charge on any atom is 0.321 e. The molecular weight excluding hydrogens is 603 g/mol. The number of aliphatic carboxylic acids is 1. The number of thiazole rings is 1. The fourth-order valence-corrected chi connectivity index (χ4v) is 5.87. The van der Waals surface area contributed by atoms with Crippen LogP contribution in [0.5, 0.6) is 11.5 Å². The fourth-order valence-electron chi connectivity index (χ4n) is 4.19. The van der Waals surface area contributed by atoms with Gasteiger partial charge in [-0.25, -0.2) is 27.6 Å². The standard InChI is InChI=1S/C27H33FN6O7S2/c1-16(2)24(12-30-23(26(36)37)9-17-3-5-19(6-4-17)41-21(11-28)14-35)34-13-18(32-33-34)15-40-20-7-8-22-25(10-20)42-27(31-22)43(29,38)39/h3-8,10,13,16,21,23-24,30,35H,9,11-12,14-15H2,1-2H3,(H,36,37)(H2,29,38,39)/t21?,23-,24-/m0/s1. The predicted molar refractivity (Wildman–Crippen MR) is 156 cm³/mol. The van der Waals surface area contributed by atoms with Crippen LogP contribution in [0.3, 0.4) is 0 Å². The van der Waals surface area contributed by atoms with E-state index < -0.39 is 41.4 Å². The molecule has 0 amide bonds. The molecule has 13 nitrogen and oxygen atoms in total. The van der Waals surface area contributed by atoms with Gasteiger partial charge in [-0.2, -0.15) is 0 Å². The Bertz CT molecular complexity index is 1620. The van der Waals surface area contributed by atoms with Crippen molar-refractivity contribution in [2.45, 2.75) is 49.4 Å². The number of nitrogens with one attached hydrogen (secondary N) is 1. The Morgan fingerprint density at radius 2 is 1.91 bits per heavy atom. The van der Waals surface area contributed by atoms with Crippen molar-refractivity contribution >= 4 is 37.5 Å². The van der Waals surface area contributed by atoms with Crippen LogP contribution < -0.4 is 19.9 Å². The topological polar surface area (TPSA) is 192 Å². The van der Waals surface area contributed by atoms with Crippen molar-refractivity contribution in [2.75, 3.05) is 19.8 Å². The Kier molecular flexibility index (Phi) is 10.6. The summed E-state index contributed by atoms with van der Waals surface area (Å²) in [7, 11) is -3.90. The summed E-state index contributed by atoms with van der Waals surface area (Å²) >= 11 is 0.954. The van der Waals surface area contributed by atoms with Crippen LogP contribution in [-0.4, -0.2) is 76.6 Å². The van der Waals surface area contributed by atoms with Crippen molar-refractivity contribution in [3.63, 3.8) is 0 Å². The lowest BCUT2D eigenvalue weighted by molar-refractivity contribution is -0.139. The van der Waals surface area contributed by atoms with E-state index in [4.69, 9.17) is 19.7 Å². The van der Waals surface area contributed by atoms with E-state index in [1.807, 2.05) is 13.8 Å². The van der Waals surface area contributed by atoms with Crippen molar-refractivity contribution in [1.29, 1.82) is 0 Å².